The van der Waals surface area contributed by atoms with Crippen molar-refractivity contribution in [2.24, 2.45) is 5.73 Å². The summed E-state index contributed by atoms with van der Waals surface area (Å²) in [4.78, 5) is 11.6. The van der Waals surface area contributed by atoms with Crippen molar-refractivity contribution in [1.82, 2.24) is 9.78 Å². The summed E-state index contributed by atoms with van der Waals surface area (Å²) >= 11 is 6.31. The van der Waals surface area contributed by atoms with E-state index in [0.717, 1.165) is 27.6 Å². The van der Waals surface area contributed by atoms with E-state index >= 15 is 0 Å². The van der Waals surface area contributed by atoms with E-state index in [9.17, 15) is 4.79 Å². The Balaban J connectivity index is 2.16. The van der Waals surface area contributed by atoms with Gasteiger partial charge in [-0.05, 0) is 36.6 Å². The summed E-state index contributed by atoms with van der Waals surface area (Å²) in [5.41, 5.74) is 9.75. The lowest BCUT2D eigenvalue weighted by Gasteiger charge is -2.08. The Labute approximate surface area is 133 Å². The monoisotopic (exact) mass is 313 g/mol. The number of primary amides is 1. The normalized spacial score (nSPS) is 11.0. The average molecular weight is 314 g/mol. The van der Waals surface area contributed by atoms with Gasteiger partial charge in [-0.15, -0.1) is 0 Å². The number of nitrogens with zero attached hydrogens (tertiary/aromatic N) is 2. The molecule has 0 unspecified atom stereocenters. The first-order valence-corrected chi connectivity index (χ1v) is 7.36. The molecule has 3 rings (SSSR count). The lowest BCUT2D eigenvalue weighted by Crippen LogP contribution is -2.13. The zero-order valence-electron chi connectivity index (χ0n) is 12.4. The Morgan fingerprint density at radius 3 is 2.73 bits per heavy atom. The van der Waals surface area contributed by atoms with Crippen LogP contribution in [0.5, 0.6) is 0 Å². The van der Waals surface area contributed by atoms with E-state index in [1.54, 1.807) is 4.68 Å². The number of hydrogen-bond acceptors (Lipinski definition) is 2. The van der Waals surface area contributed by atoms with Gasteiger partial charge < -0.3 is 5.73 Å². The van der Waals surface area contributed by atoms with Crippen LogP contribution in [0.25, 0.3) is 10.9 Å². The zero-order valence-corrected chi connectivity index (χ0v) is 13.2. The minimum atomic E-state index is -0.524. The molecule has 0 spiro atoms. The van der Waals surface area contributed by atoms with Crippen LogP contribution in [0.4, 0.5) is 0 Å². The summed E-state index contributed by atoms with van der Waals surface area (Å²) in [5.74, 6) is -0.524. The van der Waals surface area contributed by atoms with Crippen LogP contribution in [0.1, 0.15) is 27.2 Å². The minimum Gasteiger partial charge on any atom is -0.364 e. The second-order valence-electron chi connectivity index (χ2n) is 5.44. The molecule has 0 atom stereocenters. The van der Waals surface area contributed by atoms with Gasteiger partial charge in [-0.2, -0.15) is 5.10 Å². The highest BCUT2D eigenvalue weighted by molar-refractivity contribution is 6.31. The summed E-state index contributed by atoms with van der Waals surface area (Å²) in [6.45, 7) is 4.48. The number of carbonyl (C=O) groups excluding carboxylic acids is 1. The third kappa shape index (κ3) is 2.46. The molecular formula is C17H16ClN3O. The van der Waals surface area contributed by atoms with Crippen molar-refractivity contribution in [2.75, 3.05) is 0 Å². The molecule has 5 heteroatoms. The molecule has 22 heavy (non-hydrogen) atoms. The largest absolute Gasteiger partial charge is 0.364 e. The van der Waals surface area contributed by atoms with Crippen LogP contribution >= 0.6 is 11.6 Å². The number of amides is 1. The fraction of sp³-hybridized carbons (Fsp3) is 0.176. The SMILES string of the molecule is Cc1ccc(Cn2nc(C(N)=O)c3cccc(C)c32)c(Cl)c1. The summed E-state index contributed by atoms with van der Waals surface area (Å²) in [5, 5.41) is 5.86. The van der Waals surface area contributed by atoms with Crippen molar-refractivity contribution in [1.29, 1.82) is 0 Å². The fourth-order valence-electron chi connectivity index (χ4n) is 2.66. The third-order valence-corrected chi connectivity index (χ3v) is 4.09. The first kappa shape index (κ1) is 14.6. The summed E-state index contributed by atoms with van der Waals surface area (Å²) in [6.07, 6.45) is 0. The lowest BCUT2D eigenvalue weighted by molar-refractivity contribution is 0.0996. The van der Waals surface area contributed by atoms with E-state index in [-0.39, 0.29) is 0 Å². The Kier molecular flexibility index (Phi) is 3.62. The molecule has 1 amide bonds. The minimum absolute atomic E-state index is 0.293. The molecule has 112 valence electrons. The Morgan fingerprint density at radius 2 is 2.05 bits per heavy atom. The Hall–Kier alpha value is -2.33. The second-order valence-corrected chi connectivity index (χ2v) is 5.84. The molecule has 1 aromatic heterocycles. The molecule has 2 N–H and O–H groups in total. The molecule has 0 bridgehead atoms. The highest BCUT2D eigenvalue weighted by Crippen LogP contribution is 2.25. The molecule has 0 aliphatic rings. The molecule has 2 aromatic carbocycles. The van der Waals surface area contributed by atoms with Crippen LogP contribution in [0.2, 0.25) is 5.02 Å². The first-order valence-electron chi connectivity index (χ1n) is 6.98. The number of halogens is 1. The number of fused-ring (bicyclic) bond motifs is 1. The number of para-hydroxylation sites is 1. The smallest absolute Gasteiger partial charge is 0.269 e. The van der Waals surface area contributed by atoms with Gasteiger partial charge in [-0.3, -0.25) is 9.48 Å². The molecular weight excluding hydrogens is 298 g/mol. The van der Waals surface area contributed by atoms with Crippen molar-refractivity contribution < 1.29 is 4.79 Å². The molecule has 0 aliphatic heterocycles. The number of benzene rings is 2. The third-order valence-electron chi connectivity index (χ3n) is 3.73. The molecule has 0 saturated heterocycles. The molecule has 4 nitrogen and oxygen atoms in total. The van der Waals surface area contributed by atoms with Crippen LogP contribution < -0.4 is 5.73 Å². The maximum Gasteiger partial charge on any atom is 0.269 e. The van der Waals surface area contributed by atoms with Gasteiger partial charge in [0.2, 0.25) is 0 Å². The van der Waals surface area contributed by atoms with Gasteiger partial charge in [0.25, 0.3) is 5.91 Å². The maximum absolute atomic E-state index is 11.6. The number of aromatic nitrogens is 2. The quantitative estimate of drug-likeness (QED) is 0.805. The lowest BCUT2D eigenvalue weighted by atomic mass is 10.1. The predicted octanol–water partition coefficient (Wildman–Crippen LogP) is 3.45. The van der Waals surface area contributed by atoms with Gasteiger partial charge in [0.15, 0.2) is 5.69 Å². The average Bonchev–Trinajstić information content (AvgIpc) is 2.82. The number of aryl methyl sites for hydroxylation is 2. The maximum atomic E-state index is 11.6. The molecule has 1 heterocycles. The Bertz CT molecular complexity index is 883. The molecule has 3 aromatic rings. The zero-order chi connectivity index (χ0) is 15.9. The highest BCUT2D eigenvalue weighted by atomic mass is 35.5. The van der Waals surface area contributed by atoms with Crippen LogP contribution in [0.3, 0.4) is 0 Å². The standard InChI is InChI=1S/C17H16ClN3O/c1-10-6-7-12(14(18)8-10)9-21-16-11(2)4-3-5-13(16)15(20-21)17(19)22/h3-8H,9H2,1-2H3,(H2,19,22). The van der Waals surface area contributed by atoms with Gasteiger partial charge in [-0.25, -0.2) is 0 Å². The van der Waals surface area contributed by atoms with Crippen LogP contribution in [-0.4, -0.2) is 15.7 Å². The predicted molar refractivity (Wildman–Crippen MR) is 88.3 cm³/mol. The summed E-state index contributed by atoms with van der Waals surface area (Å²) < 4.78 is 1.79. The van der Waals surface area contributed by atoms with Crippen LogP contribution in [0, 0.1) is 13.8 Å². The highest BCUT2D eigenvalue weighted by Gasteiger charge is 2.16. The van der Waals surface area contributed by atoms with Crippen molar-refractivity contribution in [3.8, 4) is 0 Å². The topological polar surface area (TPSA) is 60.9 Å². The van der Waals surface area contributed by atoms with Crippen molar-refractivity contribution in [3.05, 3.63) is 63.8 Å². The van der Waals surface area contributed by atoms with Crippen LogP contribution in [0.15, 0.2) is 36.4 Å². The number of rotatable bonds is 3. The molecule has 0 saturated carbocycles. The molecule has 0 aliphatic carbocycles. The fourth-order valence-corrected chi connectivity index (χ4v) is 2.95. The van der Waals surface area contributed by atoms with Gasteiger partial charge in [0, 0.05) is 10.4 Å². The van der Waals surface area contributed by atoms with E-state index in [1.807, 2.05) is 50.2 Å². The molecule has 0 radical (unpaired) electrons. The van der Waals surface area contributed by atoms with E-state index in [2.05, 4.69) is 5.10 Å². The van der Waals surface area contributed by atoms with E-state index in [1.165, 1.54) is 0 Å². The van der Waals surface area contributed by atoms with Gasteiger partial charge in [-0.1, -0.05) is 41.9 Å². The van der Waals surface area contributed by atoms with Gasteiger partial charge in [0.05, 0.1) is 12.1 Å². The second kappa shape index (κ2) is 5.46. The summed E-state index contributed by atoms with van der Waals surface area (Å²) in [6, 6.07) is 11.7. The summed E-state index contributed by atoms with van der Waals surface area (Å²) in [7, 11) is 0. The van der Waals surface area contributed by atoms with Gasteiger partial charge >= 0.3 is 0 Å². The number of nitrogens with two attached hydrogens (primary N) is 1. The van der Waals surface area contributed by atoms with Crippen molar-refractivity contribution in [2.45, 2.75) is 20.4 Å². The van der Waals surface area contributed by atoms with Crippen molar-refractivity contribution >= 4 is 28.4 Å². The van der Waals surface area contributed by atoms with Crippen LogP contribution in [-0.2, 0) is 6.54 Å². The van der Waals surface area contributed by atoms with Gasteiger partial charge in [0.1, 0.15) is 0 Å². The van der Waals surface area contributed by atoms with E-state index in [4.69, 9.17) is 17.3 Å². The van der Waals surface area contributed by atoms with E-state index in [0.29, 0.717) is 17.3 Å². The first-order chi connectivity index (χ1) is 10.5. The van der Waals surface area contributed by atoms with Crippen molar-refractivity contribution in [3.63, 3.8) is 0 Å². The Morgan fingerprint density at radius 1 is 1.27 bits per heavy atom. The molecule has 0 fully saturated rings. The number of hydrogen-bond donors (Lipinski definition) is 1. The number of carbonyl (C=O) groups is 1. The van der Waals surface area contributed by atoms with E-state index < -0.39 is 5.91 Å².